The second-order valence-electron chi connectivity index (χ2n) is 5.05. The number of halogens is 1. The molecule has 3 rings (SSSR count). The van der Waals surface area contributed by atoms with Crippen molar-refractivity contribution in [2.24, 2.45) is 0 Å². The maximum atomic E-state index is 12.1. The lowest BCUT2D eigenvalue weighted by Gasteiger charge is -2.08. The van der Waals surface area contributed by atoms with Crippen molar-refractivity contribution in [1.29, 1.82) is 0 Å². The SMILES string of the molecule is Cc1nnc(SCC(=O)Nc2cccc(Cl)c2)n1-c1ccccc1. The van der Waals surface area contributed by atoms with E-state index in [1.165, 1.54) is 11.8 Å². The number of amides is 1. The molecule has 0 aliphatic heterocycles. The van der Waals surface area contributed by atoms with Crippen LogP contribution in [-0.2, 0) is 4.79 Å². The molecule has 2 aromatic carbocycles. The number of para-hydroxylation sites is 1. The monoisotopic (exact) mass is 358 g/mol. The molecule has 0 spiro atoms. The van der Waals surface area contributed by atoms with Gasteiger partial charge in [-0.1, -0.05) is 47.6 Å². The Kier molecular flexibility index (Phi) is 5.17. The average molecular weight is 359 g/mol. The first-order valence-corrected chi connectivity index (χ1v) is 8.65. The summed E-state index contributed by atoms with van der Waals surface area (Å²) in [6.45, 7) is 1.89. The number of hydrogen-bond donors (Lipinski definition) is 1. The number of nitrogens with one attached hydrogen (secondary N) is 1. The largest absolute Gasteiger partial charge is 0.325 e. The Morgan fingerprint density at radius 3 is 2.71 bits per heavy atom. The van der Waals surface area contributed by atoms with Crippen molar-refractivity contribution >= 4 is 35.0 Å². The van der Waals surface area contributed by atoms with Crippen LogP contribution in [-0.4, -0.2) is 26.4 Å². The van der Waals surface area contributed by atoms with Crippen LogP contribution in [0.1, 0.15) is 5.82 Å². The van der Waals surface area contributed by atoms with Gasteiger partial charge in [0.1, 0.15) is 5.82 Å². The standard InChI is InChI=1S/C17H15ClN4OS/c1-12-20-21-17(22(12)15-8-3-2-4-9-15)24-11-16(23)19-14-7-5-6-13(18)10-14/h2-10H,11H2,1H3,(H,19,23). The minimum Gasteiger partial charge on any atom is -0.325 e. The van der Waals surface area contributed by atoms with Gasteiger partial charge in [0, 0.05) is 16.4 Å². The lowest BCUT2D eigenvalue weighted by Crippen LogP contribution is -2.14. The number of aromatic nitrogens is 3. The van der Waals surface area contributed by atoms with Crippen LogP contribution in [0.5, 0.6) is 0 Å². The van der Waals surface area contributed by atoms with E-state index in [4.69, 9.17) is 11.6 Å². The summed E-state index contributed by atoms with van der Waals surface area (Å²) in [5, 5.41) is 12.4. The number of rotatable bonds is 5. The fourth-order valence-electron chi connectivity index (χ4n) is 2.20. The Morgan fingerprint density at radius 2 is 1.96 bits per heavy atom. The highest BCUT2D eigenvalue weighted by Gasteiger charge is 2.13. The van der Waals surface area contributed by atoms with Crippen LogP contribution in [0.4, 0.5) is 5.69 Å². The summed E-state index contributed by atoms with van der Waals surface area (Å²) >= 11 is 7.25. The Balaban J connectivity index is 1.68. The van der Waals surface area contributed by atoms with Crippen LogP contribution in [0.15, 0.2) is 59.8 Å². The molecule has 122 valence electrons. The van der Waals surface area contributed by atoms with Crippen LogP contribution in [0, 0.1) is 6.92 Å². The molecule has 5 nitrogen and oxygen atoms in total. The van der Waals surface area contributed by atoms with E-state index in [1.54, 1.807) is 24.3 Å². The van der Waals surface area contributed by atoms with Gasteiger partial charge in [0.2, 0.25) is 5.91 Å². The lowest BCUT2D eigenvalue weighted by atomic mass is 10.3. The lowest BCUT2D eigenvalue weighted by molar-refractivity contribution is -0.113. The zero-order valence-electron chi connectivity index (χ0n) is 12.9. The summed E-state index contributed by atoms with van der Waals surface area (Å²) in [7, 11) is 0. The molecular weight excluding hydrogens is 344 g/mol. The number of aryl methyl sites for hydroxylation is 1. The van der Waals surface area contributed by atoms with Crippen molar-refractivity contribution in [1.82, 2.24) is 14.8 Å². The van der Waals surface area contributed by atoms with E-state index in [2.05, 4.69) is 15.5 Å². The number of hydrogen-bond acceptors (Lipinski definition) is 4. The maximum Gasteiger partial charge on any atom is 0.234 e. The average Bonchev–Trinajstić information content (AvgIpc) is 2.94. The summed E-state index contributed by atoms with van der Waals surface area (Å²) in [6, 6.07) is 16.9. The highest BCUT2D eigenvalue weighted by Crippen LogP contribution is 2.22. The highest BCUT2D eigenvalue weighted by atomic mass is 35.5. The Bertz CT molecular complexity index is 851. The van der Waals surface area contributed by atoms with Gasteiger partial charge in [0.05, 0.1) is 5.75 Å². The number of carbonyl (C=O) groups is 1. The number of benzene rings is 2. The minimum atomic E-state index is -0.123. The molecule has 1 aromatic heterocycles. The third-order valence-electron chi connectivity index (χ3n) is 3.25. The fraction of sp³-hybridized carbons (Fsp3) is 0.118. The van der Waals surface area contributed by atoms with E-state index in [0.29, 0.717) is 15.9 Å². The molecule has 0 aliphatic rings. The molecule has 0 unspecified atom stereocenters. The van der Waals surface area contributed by atoms with E-state index in [-0.39, 0.29) is 11.7 Å². The predicted octanol–water partition coefficient (Wildman–Crippen LogP) is 3.96. The third kappa shape index (κ3) is 3.96. The molecule has 3 aromatic rings. The first kappa shape index (κ1) is 16.5. The molecule has 0 radical (unpaired) electrons. The zero-order chi connectivity index (χ0) is 16.9. The molecule has 1 amide bonds. The van der Waals surface area contributed by atoms with E-state index >= 15 is 0 Å². The van der Waals surface area contributed by atoms with E-state index in [1.807, 2.05) is 41.8 Å². The first-order valence-electron chi connectivity index (χ1n) is 7.29. The highest BCUT2D eigenvalue weighted by molar-refractivity contribution is 7.99. The van der Waals surface area contributed by atoms with Crippen molar-refractivity contribution < 1.29 is 4.79 Å². The van der Waals surface area contributed by atoms with Gasteiger partial charge < -0.3 is 5.32 Å². The predicted molar refractivity (Wildman–Crippen MR) is 96.9 cm³/mol. The maximum absolute atomic E-state index is 12.1. The van der Waals surface area contributed by atoms with Gasteiger partial charge in [0.15, 0.2) is 5.16 Å². The molecule has 0 saturated heterocycles. The van der Waals surface area contributed by atoms with Gasteiger partial charge in [0.25, 0.3) is 0 Å². The number of carbonyl (C=O) groups excluding carboxylic acids is 1. The van der Waals surface area contributed by atoms with Gasteiger partial charge >= 0.3 is 0 Å². The summed E-state index contributed by atoms with van der Waals surface area (Å²) in [4.78, 5) is 12.1. The van der Waals surface area contributed by atoms with Gasteiger partial charge in [-0.2, -0.15) is 0 Å². The normalized spacial score (nSPS) is 10.6. The Morgan fingerprint density at radius 1 is 1.17 bits per heavy atom. The van der Waals surface area contributed by atoms with Crippen molar-refractivity contribution in [2.75, 3.05) is 11.1 Å². The van der Waals surface area contributed by atoms with E-state index < -0.39 is 0 Å². The molecule has 0 aliphatic carbocycles. The van der Waals surface area contributed by atoms with Crippen molar-refractivity contribution in [3.05, 3.63) is 65.4 Å². The van der Waals surface area contributed by atoms with Gasteiger partial charge in [-0.05, 0) is 37.3 Å². The molecular formula is C17H15ClN4OS. The smallest absolute Gasteiger partial charge is 0.234 e. The molecule has 0 bridgehead atoms. The van der Waals surface area contributed by atoms with Gasteiger partial charge in [-0.3, -0.25) is 9.36 Å². The van der Waals surface area contributed by atoms with E-state index in [0.717, 1.165) is 11.5 Å². The molecule has 1 heterocycles. The minimum absolute atomic E-state index is 0.123. The van der Waals surface area contributed by atoms with Crippen LogP contribution in [0.3, 0.4) is 0 Å². The Labute approximate surface area is 149 Å². The second-order valence-corrected chi connectivity index (χ2v) is 6.43. The van der Waals surface area contributed by atoms with Gasteiger partial charge in [-0.25, -0.2) is 0 Å². The molecule has 0 atom stereocenters. The molecule has 0 saturated carbocycles. The molecule has 7 heteroatoms. The van der Waals surface area contributed by atoms with Crippen LogP contribution in [0.25, 0.3) is 5.69 Å². The van der Waals surface area contributed by atoms with E-state index in [9.17, 15) is 4.79 Å². The van der Waals surface area contributed by atoms with Gasteiger partial charge in [-0.15, -0.1) is 10.2 Å². The number of thioether (sulfide) groups is 1. The summed E-state index contributed by atoms with van der Waals surface area (Å²) in [5.74, 6) is 0.888. The zero-order valence-corrected chi connectivity index (χ0v) is 14.5. The van der Waals surface area contributed by atoms with Crippen molar-refractivity contribution in [3.8, 4) is 5.69 Å². The third-order valence-corrected chi connectivity index (χ3v) is 4.41. The molecule has 0 fully saturated rings. The summed E-state index contributed by atoms with van der Waals surface area (Å²) in [5.41, 5.74) is 1.64. The topological polar surface area (TPSA) is 59.8 Å². The second kappa shape index (κ2) is 7.51. The quantitative estimate of drug-likeness (QED) is 0.701. The number of nitrogens with zero attached hydrogens (tertiary/aromatic N) is 3. The van der Waals surface area contributed by atoms with Crippen LogP contribution < -0.4 is 5.32 Å². The molecule has 24 heavy (non-hydrogen) atoms. The summed E-state index contributed by atoms with van der Waals surface area (Å²) < 4.78 is 1.93. The van der Waals surface area contributed by atoms with Crippen LogP contribution in [0.2, 0.25) is 5.02 Å². The van der Waals surface area contributed by atoms with Crippen molar-refractivity contribution in [2.45, 2.75) is 12.1 Å². The first-order chi connectivity index (χ1) is 11.6. The number of anilines is 1. The molecule has 1 N–H and O–H groups in total. The van der Waals surface area contributed by atoms with Crippen molar-refractivity contribution in [3.63, 3.8) is 0 Å². The fourth-order valence-corrected chi connectivity index (χ4v) is 3.19. The Hall–Kier alpha value is -2.31. The van der Waals surface area contributed by atoms with Crippen LogP contribution >= 0.6 is 23.4 Å². The summed E-state index contributed by atoms with van der Waals surface area (Å²) in [6.07, 6.45) is 0.